The monoisotopic (exact) mass is 1180 g/mol. The van der Waals surface area contributed by atoms with E-state index in [9.17, 15) is 0 Å². The first-order valence-electron chi connectivity index (χ1n) is 32.5. The van der Waals surface area contributed by atoms with E-state index in [2.05, 4.69) is 127 Å². The molecule has 10 rings (SSSR count). The van der Waals surface area contributed by atoms with Gasteiger partial charge in [-0.2, -0.15) is 0 Å². The van der Waals surface area contributed by atoms with E-state index in [4.69, 9.17) is 48.1 Å². The Balaban J connectivity index is 0.000000202. The average molecular weight is 1190 g/mol. The molecule has 2 fully saturated rings. The molecule has 0 amide bonds. The van der Waals surface area contributed by atoms with E-state index < -0.39 is 0 Å². The minimum absolute atomic E-state index is 0.194. The number of fused-ring (bicyclic) bond motifs is 8. The maximum absolute atomic E-state index is 6.16. The second-order valence-corrected chi connectivity index (χ2v) is 26.3. The highest BCUT2D eigenvalue weighted by Gasteiger charge is 2.44. The minimum atomic E-state index is 0.194. The van der Waals surface area contributed by atoms with Crippen molar-refractivity contribution < 1.29 is 23.7 Å². The van der Waals surface area contributed by atoms with Crippen LogP contribution in [-0.2, 0) is 30.4 Å². The zero-order valence-corrected chi connectivity index (χ0v) is 55.2. The fraction of sp³-hybridized carbons (Fsp3) is 0.634. The van der Waals surface area contributed by atoms with Crippen LogP contribution in [0.2, 0.25) is 0 Å². The number of nitrogens with one attached hydrogen (secondary N) is 2. The summed E-state index contributed by atoms with van der Waals surface area (Å²) in [5.74, 6) is 5.83. The fourth-order valence-corrected chi connectivity index (χ4v) is 16.3. The van der Waals surface area contributed by atoms with E-state index in [0.717, 1.165) is 78.5 Å². The molecule has 2 N–H and O–H groups in total. The van der Waals surface area contributed by atoms with Gasteiger partial charge >= 0.3 is 0 Å². The van der Waals surface area contributed by atoms with Crippen molar-refractivity contribution in [1.29, 1.82) is 0 Å². The van der Waals surface area contributed by atoms with E-state index >= 15 is 0 Å². The molecule has 0 saturated carbocycles. The molecule has 0 spiro atoms. The summed E-state index contributed by atoms with van der Waals surface area (Å²) in [5, 5.41) is 8.89. The van der Waals surface area contributed by atoms with Gasteiger partial charge in [-0.05, 0) is 225 Å². The first-order chi connectivity index (χ1) is 40.8. The maximum atomic E-state index is 6.16. The zero-order chi connectivity index (χ0) is 59.6. The Morgan fingerprint density at radius 1 is 0.464 bits per heavy atom. The number of benzene rings is 4. The van der Waals surface area contributed by atoms with Crippen molar-refractivity contribution in [1.82, 2.24) is 30.2 Å². The van der Waals surface area contributed by atoms with E-state index in [1.54, 1.807) is 57.8 Å². The molecule has 11 nitrogen and oxygen atoms in total. The fourth-order valence-electron chi connectivity index (χ4n) is 15.6. The van der Waals surface area contributed by atoms with Gasteiger partial charge in [0, 0.05) is 71.6 Å². The van der Waals surface area contributed by atoms with Crippen molar-refractivity contribution in [2.24, 2.45) is 23.7 Å². The van der Waals surface area contributed by atoms with Crippen molar-refractivity contribution in [2.75, 3.05) is 94.5 Å². The van der Waals surface area contributed by atoms with Crippen LogP contribution in [0.3, 0.4) is 0 Å². The summed E-state index contributed by atoms with van der Waals surface area (Å²) in [6, 6.07) is 20.2. The van der Waals surface area contributed by atoms with Crippen LogP contribution >= 0.6 is 24.4 Å². The van der Waals surface area contributed by atoms with E-state index in [1.807, 2.05) is 0 Å². The van der Waals surface area contributed by atoms with Crippen LogP contribution in [0.25, 0.3) is 0 Å². The number of piperidine rings is 2. The third kappa shape index (κ3) is 14.3. The lowest BCUT2D eigenvalue weighted by Crippen LogP contribution is -2.49. The van der Waals surface area contributed by atoms with E-state index in [0.29, 0.717) is 48.9 Å². The third-order valence-corrected chi connectivity index (χ3v) is 21.5. The summed E-state index contributed by atoms with van der Waals surface area (Å²) in [6.45, 7) is 25.0. The number of hydrogen-bond donors (Lipinski definition) is 2. The Bertz CT molecular complexity index is 2880. The van der Waals surface area contributed by atoms with Gasteiger partial charge < -0.3 is 44.1 Å². The molecule has 4 aromatic carbocycles. The Morgan fingerprint density at radius 3 is 1.29 bits per heavy atom. The molecule has 8 atom stereocenters. The molecule has 4 aromatic rings. The topological polar surface area (TPSA) is 83.2 Å². The van der Waals surface area contributed by atoms with Crippen molar-refractivity contribution in [3.8, 4) is 23.0 Å². The second-order valence-electron chi connectivity index (χ2n) is 25.5. The number of ether oxygens (including phenoxy) is 5. The van der Waals surface area contributed by atoms with Crippen LogP contribution in [0.1, 0.15) is 189 Å². The largest absolute Gasteiger partial charge is 0.493 e. The van der Waals surface area contributed by atoms with Gasteiger partial charge in [-0.25, -0.2) is 0 Å². The lowest BCUT2D eigenvalue weighted by atomic mass is 9.72. The summed E-state index contributed by atoms with van der Waals surface area (Å²) in [4.78, 5) is 10.5. The van der Waals surface area contributed by atoms with E-state index in [1.165, 1.54) is 148 Å². The van der Waals surface area contributed by atoms with Gasteiger partial charge in [-0.15, -0.1) is 0 Å². The van der Waals surface area contributed by atoms with E-state index in [-0.39, 0.29) is 12.1 Å². The smallest absolute Gasteiger partial charge is 0.169 e. The highest BCUT2D eigenvalue weighted by molar-refractivity contribution is 7.80. The van der Waals surface area contributed by atoms with Gasteiger partial charge in [0.05, 0.1) is 47.1 Å². The third-order valence-electron chi connectivity index (χ3n) is 20.8. The number of thiocarbonyl (C=S) groups is 2. The zero-order valence-electron chi connectivity index (χ0n) is 53.6. The molecule has 8 unspecified atom stereocenters. The molecular weight excluding hydrogens is 1080 g/mol. The molecule has 13 heteroatoms. The number of unbranched alkanes of at least 4 members (excludes halogenated alkanes) is 5. The number of nitrogens with zero attached hydrogens (tertiary/aromatic N) is 4. The summed E-state index contributed by atoms with van der Waals surface area (Å²) >= 11 is 12.2. The van der Waals surface area contributed by atoms with Gasteiger partial charge in [-0.3, -0.25) is 9.80 Å². The number of rotatable bonds is 20. The Kier molecular flexibility index (Phi) is 22.7. The second kappa shape index (κ2) is 29.8. The minimum Gasteiger partial charge on any atom is -0.493 e. The van der Waals surface area contributed by atoms with Crippen LogP contribution in [0.15, 0.2) is 48.5 Å². The maximum Gasteiger partial charge on any atom is 0.169 e. The van der Waals surface area contributed by atoms with Gasteiger partial charge in [0.15, 0.2) is 33.2 Å². The van der Waals surface area contributed by atoms with Crippen LogP contribution in [0, 0.1) is 51.4 Å². The van der Waals surface area contributed by atoms with Crippen LogP contribution < -0.4 is 29.6 Å². The average Bonchev–Trinajstić information content (AvgIpc) is 1.74. The molecule has 0 radical (unpaired) electrons. The first kappa shape index (κ1) is 63.8. The summed E-state index contributed by atoms with van der Waals surface area (Å²) in [6.07, 6.45) is 19.1. The predicted molar refractivity (Wildman–Crippen MR) is 353 cm³/mol. The predicted octanol–water partition coefficient (Wildman–Crippen LogP) is 14.3. The molecule has 6 aliphatic rings. The highest BCUT2D eigenvalue weighted by atomic mass is 32.1. The Labute approximate surface area is 517 Å². The summed E-state index contributed by atoms with van der Waals surface area (Å²) in [5.41, 5.74) is 17.4. The molecule has 6 heterocycles. The van der Waals surface area contributed by atoms with Gasteiger partial charge in [0.1, 0.15) is 0 Å². The normalized spacial score (nSPS) is 23.5. The molecular formula is C71H104N6O5S2. The molecule has 6 aliphatic heterocycles. The molecule has 0 aliphatic carbocycles. The van der Waals surface area contributed by atoms with Gasteiger partial charge in [0.2, 0.25) is 0 Å². The molecule has 84 heavy (non-hydrogen) atoms. The molecule has 0 aromatic heterocycles. The van der Waals surface area contributed by atoms with Gasteiger partial charge in [-0.1, -0.05) is 90.0 Å². The quantitative estimate of drug-likeness (QED) is 0.0652. The van der Waals surface area contributed by atoms with Crippen LogP contribution in [0.4, 0.5) is 0 Å². The van der Waals surface area contributed by atoms with Gasteiger partial charge in [0.25, 0.3) is 0 Å². The van der Waals surface area contributed by atoms with Crippen LogP contribution in [0.5, 0.6) is 23.0 Å². The SMILES string of the molecule is CCC1CN2CCc3cc(C)c(C)cc3C2CC1CC1c2cc(OC)c(OC)cc2CCN1C(=S)NCCOC.CCCCCCCCNC(=S)N1CCc2cc(OC)c(OC)cc2C1CC1CC2c3cc(C)c(C)cc3CCN2CC1CC. The molecule has 2 saturated heterocycles. The number of hydrogen-bond acceptors (Lipinski definition) is 9. The molecule has 0 bridgehead atoms. The van der Waals surface area contributed by atoms with Crippen molar-refractivity contribution in [3.63, 3.8) is 0 Å². The lowest BCUT2D eigenvalue weighted by molar-refractivity contribution is 0.0378. The van der Waals surface area contributed by atoms with Crippen LogP contribution in [-0.4, -0.2) is 124 Å². The number of methoxy groups -OCH3 is 5. The highest BCUT2D eigenvalue weighted by Crippen LogP contribution is 2.51. The van der Waals surface area contributed by atoms with Crippen molar-refractivity contribution in [3.05, 3.63) is 115 Å². The lowest BCUT2D eigenvalue weighted by Gasteiger charge is -2.49. The van der Waals surface area contributed by atoms with Crippen molar-refractivity contribution in [2.45, 2.75) is 175 Å². The standard InChI is InChI=1S/C38H57N3O2S.C33H47N3O3S/c1-7-9-10-11-12-13-16-39-38(44)41-18-15-30-23-36(42-5)37(43-6)24-33(30)35(41)22-31-21-34-32-20-27(4)26(3)19-29(32)14-17-40(34)25-28(31)8-2;1-7-23-20-35-11-8-24-14-21(2)22(3)15-27(24)29(35)16-26(23)17-30-28-19-32(39-6)31(38-5)18-25(28)9-12-36(30)33(40)34-10-13-37-4/h19-20,23-24,28,31,34-35H,7-18,21-22,25H2,1-6H3,(H,39,44);14-15,18-19,23,26,29-30H,7-13,16-17,20H2,1-6H3,(H,34,40). The summed E-state index contributed by atoms with van der Waals surface area (Å²) in [7, 11) is 8.66. The molecule has 460 valence electrons. The van der Waals surface area contributed by atoms with Crippen molar-refractivity contribution >= 4 is 34.7 Å². The number of aryl methyl sites for hydroxylation is 4. The Morgan fingerprint density at radius 2 is 0.857 bits per heavy atom. The Hall–Kier alpha value is -4.66. The first-order valence-corrected chi connectivity index (χ1v) is 33.3. The summed E-state index contributed by atoms with van der Waals surface area (Å²) < 4.78 is 28.3.